The van der Waals surface area contributed by atoms with Gasteiger partial charge in [-0.1, -0.05) is 18.2 Å². The summed E-state index contributed by atoms with van der Waals surface area (Å²) in [5.74, 6) is 0.793. The van der Waals surface area contributed by atoms with Crippen molar-refractivity contribution in [3.8, 4) is 5.69 Å². The lowest BCUT2D eigenvalue weighted by atomic mass is 10.2. The Hall–Kier alpha value is -1.75. The molecule has 1 aromatic heterocycles. The van der Waals surface area contributed by atoms with Gasteiger partial charge in [-0.05, 0) is 36.7 Å². The van der Waals surface area contributed by atoms with Crippen molar-refractivity contribution in [2.45, 2.75) is 18.9 Å². The first-order chi connectivity index (χ1) is 7.93. The van der Waals surface area contributed by atoms with Crippen LogP contribution in [0.25, 0.3) is 5.69 Å². The maximum atomic E-state index is 4.39. The van der Waals surface area contributed by atoms with Crippen molar-refractivity contribution in [1.82, 2.24) is 25.5 Å². The van der Waals surface area contributed by atoms with Crippen molar-refractivity contribution in [3.05, 3.63) is 36.2 Å². The Balaban J connectivity index is 1.87. The fourth-order valence-corrected chi connectivity index (χ4v) is 1.94. The molecule has 1 atom stereocenters. The molecule has 1 aliphatic heterocycles. The second-order valence-corrected chi connectivity index (χ2v) is 3.92. The van der Waals surface area contributed by atoms with Gasteiger partial charge in [0.1, 0.15) is 0 Å². The van der Waals surface area contributed by atoms with Crippen LogP contribution >= 0.6 is 0 Å². The predicted molar refractivity (Wildman–Crippen MR) is 59.1 cm³/mol. The molecule has 1 aliphatic rings. The minimum absolute atomic E-state index is 0.275. The molecule has 0 saturated carbocycles. The van der Waals surface area contributed by atoms with Gasteiger partial charge in [-0.15, -0.1) is 15.0 Å². The maximum Gasteiger partial charge on any atom is 0.192 e. The Morgan fingerprint density at radius 1 is 1.25 bits per heavy atom. The number of benzene rings is 1. The molecule has 1 N–H and O–H groups in total. The number of para-hydroxylation sites is 1. The van der Waals surface area contributed by atoms with E-state index in [9.17, 15) is 0 Å². The number of nitrogens with zero attached hydrogens (tertiary/aromatic N) is 4. The largest absolute Gasteiger partial charge is 0.307 e. The lowest BCUT2D eigenvalue weighted by Crippen LogP contribution is -2.14. The van der Waals surface area contributed by atoms with Gasteiger partial charge < -0.3 is 5.32 Å². The third-order valence-electron chi connectivity index (χ3n) is 2.79. The summed E-state index contributed by atoms with van der Waals surface area (Å²) in [7, 11) is 0. The molecule has 82 valence electrons. The van der Waals surface area contributed by atoms with Crippen molar-refractivity contribution < 1.29 is 0 Å². The molecule has 0 radical (unpaired) electrons. The number of aromatic nitrogens is 4. The Morgan fingerprint density at radius 2 is 2.12 bits per heavy atom. The van der Waals surface area contributed by atoms with E-state index in [1.807, 2.05) is 30.3 Å². The number of nitrogens with one attached hydrogen (secondary N) is 1. The maximum absolute atomic E-state index is 4.39. The minimum Gasteiger partial charge on any atom is -0.307 e. The lowest BCUT2D eigenvalue weighted by Gasteiger charge is -2.02. The fourth-order valence-electron chi connectivity index (χ4n) is 1.94. The van der Waals surface area contributed by atoms with Crippen LogP contribution in [-0.2, 0) is 0 Å². The molecule has 0 spiro atoms. The summed E-state index contributed by atoms with van der Waals surface area (Å²) < 4.78 is 0. The summed E-state index contributed by atoms with van der Waals surface area (Å²) in [5.41, 5.74) is 0.944. The highest BCUT2D eigenvalue weighted by Crippen LogP contribution is 2.19. The lowest BCUT2D eigenvalue weighted by molar-refractivity contribution is 0.602. The summed E-state index contributed by atoms with van der Waals surface area (Å²) in [6, 6.07) is 10.1. The van der Waals surface area contributed by atoms with E-state index in [1.165, 1.54) is 6.42 Å². The van der Waals surface area contributed by atoms with Gasteiger partial charge in [0.2, 0.25) is 0 Å². The molecule has 2 heterocycles. The van der Waals surface area contributed by atoms with Gasteiger partial charge in [0.25, 0.3) is 0 Å². The minimum atomic E-state index is 0.275. The number of hydrogen-bond donors (Lipinski definition) is 1. The first kappa shape index (κ1) is 9.47. The van der Waals surface area contributed by atoms with E-state index < -0.39 is 0 Å². The van der Waals surface area contributed by atoms with Gasteiger partial charge in [0.05, 0.1) is 11.7 Å². The molecule has 5 heteroatoms. The molecule has 16 heavy (non-hydrogen) atoms. The van der Waals surface area contributed by atoms with Crippen LogP contribution < -0.4 is 5.32 Å². The third kappa shape index (κ3) is 1.69. The van der Waals surface area contributed by atoms with Crippen LogP contribution in [-0.4, -0.2) is 26.8 Å². The van der Waals surface area contributed by atoms with E-state index in [4.69, 9.17) is 0 Å². The highest BCUT2D eigenvalue weighted by Gasteiger charge is 2.20. The van der Waals surface area contributed by atoms with Gasteiger partial charge in [-0.3, -0.25) is 0 Å². The van der Waals surface area contributed by atoms with Crippen molar-refractivity contribution in [2.75, 3.05) is 6.54 Å². The normalized spacial score (nSPS) is 20.1. The Kier molecular flexibility index (Phi) is 2.38. The molecule has 0 bridgehead atoms. The number of rotatable bonds is 2. The Morgan fingerprint density at radius 3 is 2.88 bits per heavy atom. The molecule has 1 fully saturated rings. The van der Waals surface area contributed by atoms with Crippen LogP contribution in [0.15, 0.2) is 30.3 Å². The van der Waals surface area contributed by atoms with Gasteiger partial charge in [-0.2, -0.15) is 0 Å². The number of hydrogen-bond acceptors (Lipinski definition) is 4. The molecular weight excluding hydrogens is 202 g/mol. The molecule has 0 amide bonds. The summed E-state index contributed by atoms with van der Waals surface area (Å²) in [5, 5.41) is 15.9. The summed E-state index contributed by atoms with van der Waals surface area (Å²) in [4.78, 5) is 1.58. The second-order valence-electron chi connectivity index (χ2n) is 3.92. The van der Waals surface area contributed by atoms with E-state index in [0.717, 1.165) is 24.5 Å². The van der Waals surface area contributed by atoms with Crippen LogP contribution in [0.2, 0.25) is 0 Å². The van der Waals surface area contributed by atoms with Crippen molar-refractivity contribution in [2.24, 2.45) is 0 Å². The van der Waals surface area contributed by atoms with Crippen LogP contribution in [0.4, 0.5) is 0 Å². The molecule has 5 nitrogen and oxygen atoms in total. The molecule has 3 rings (SSSR count). The fraction of sp³-hybridized carbons (Fsp3) is 0.364. The Bertz CT molecular complexity index is 458. The van der Waals surface area contributed by atoms with Crippen LogP contribution in [0, 0.1) is 0 Å². The summed E-state index contributed by atoms with van der Waals surface area (Å²) in [6.45, 7) is 1.05. The van der Waals surface area contributed by atoms with E-state index in [1.54, 1.807) is 4.80 Å². The average Bonchev–Trinajstić information content (AvgIpc) is 3.01. The van der Waals surface area contributed by atoms with E-state index in [-0.39, 0.29) is 6.04 Å². The quantitative estimate of drug-likeness (QED) is 0.814. The van der Waals surface area contributed by atoms with Gasteiger partial charge in [0, 0.05) is 0 Å². The molecule has 1 saturated heterocycles. The standard InChI is InChI=1S/C11H13N5/c1-2-5-9(6-3-1)16-14-11(13-15-16)10-7-4-8-12-10/h1-3,5-6,10,12H,4,7-8H2. The number of tetrazole rings is 1. The van der Waals surface area contributed by atoms with Crippen molar-refractivity contribution >= 4 is 0 Å². The Labute approximate surface area is 93.5 Å². The van der Waals surface area contributed by atoms with Crippen LogP contribution in [0.1, 0.15) is 24.7 Å². The van der Waals surface area contributed by atoms with Crippen LogP contribution in [0.5, 0.6) is 0 Å². The first-order valence-electron chi connectivity index (χ1n) is 5.52. The van der Waals surface area contributed by atoms with Crippen molar-refractivity contribution in [3.63, 3.8) is 0 Å². The van der Waals surface area contributed by atoms with E-state index in [2.05, 4.69) is 20.7 Å². The first-order valence-corrected chi connectivity index (χ1v) is 5.52. The highest BCUT2D eigenvalue weighted by molar-refractivity contribution is 5.28. The molecule has 1 unspecified atom stereocenters. The summed E-state index contributed by atoms with van der Waals surface area (Å²) in [6.07, 6.45) is 2.28. The van der Waals surface area contributed by atoms with Crippen LogP contribution in [0.3, 0.4) is 0 Å². The molecule has 0 aliphatic carbocycles. The average molecular weight is 215 g/mol. The SMILES string of the molecule is c1ccc(-n2nnc(C3CCCN3)n2)cc1. The molecule has 1 aromatic carbocycles. The zero-order valence-electron chi connectivity index (χ0n) is 8.87. The van der Waals surface area contributed by atoms with Gasteiger partial charge in [-0.25, -0.2) is 0 Å². The molecule has 2 aromatic rings. The van der Waals surface area contributed by atoms with Crippen molar-refractivity contribution in [1.29, 1.82) is 0 Å². The molecular formula is C11H13N5. The zero-order chi connectivity index (χ0) is 10.8. The van der Waals surface area contributed by atoms with Gasteiger partial charge >= 0.3 is 0 Å². The van der Waals surface area contributed by atoms with E-state index >= 15 is 0 Å². The topological polar surface area (TPSA) is 55.6 Å². The predicted octanol–water partition coefficient (Wildman–Crippen LogP) is 1.09. The van der Waals surface area contributed by atoms with Gasteiger partial charge in [0.15, 0.2) is 5.82 Å². The van der Waals surface area contributed by atoms with E-state index in [0.29, 0.717) is 0 Å². The highest BCUT2D eigenvalue weighted by atomic mass is 15.6. The second kappa shape index (κ2) is 4.02. The smallest absolute Gasteiger partial charge is 0.192 e. The zero-order valence-corrected chi connectivity index (χ0v) is 8.87. The monoisotopic (exact) mass is 215 g/mol. The summed E-state index contributed by atoms with van der Waals surface area (Å²) >= 11 is 0. The third-order valence-corrected chi connectivity index (χ3v) is 2.79.